The number of hydrogen-bond acceptors (Lipinski definition) is 3. The van der Waals surface area contributed by atoms with Gasteiger partial charge in [-0.1, -0.05) is 19.9 Å². The van der Waals surface area contributed by atoms with Crippen molar-refractivity contribution in [3.63, 3.8) is 0 Å². The molecular formula is C17H28N2O. The molecular weight excluding hydrogens is 248 g/mol. The Balaban J connectivity index is 2.00. The average Bonchev–Trinajstić information content (AvgIpc) is 3.04. The molecule has 20 heavy (non-hydrogen) atoms. The minimum Gasteiger partial charge on any atom is -0.396 e. The molecule has 1 aliphatic rings. The molecule has 0 saturated carbocycles. The first-order chi connectivity index (χ1) is 9.73. The van der Waals surface area contributed by atoms with Crippen LogP contribution in [-0.4, -0.2) is 31.3 Å². The minimum absolute atomic E-state index is 0.00362. The van der Waals surface area contributed by atoms with Crippen molar-refractivity contribution in [2.75, 3.05) is 36.5 Å². The van der Waals surface area contributed by atoms with Crippen molar-refractivity contribution < 1.29 is 5.11 Å². The summed E-state index contributed by atoms with van der Waals surface area (Å²) in [6.45, 7) is 7.74. The summed E-state index contributed by atoms with van der Waals surface area (Å²) < 4.78 is 0. The summed E-state index contributed by atoms with van der Waals surface area (Å²) in [6, 6.07) is 8.66. The molecule has 0 unspecified atom stereocenters. The number of nitrogens with one attached hydrogen (secondary N) is 1. The molecule has 1 aliphatic heterocycles. The van der Waals surface area contributed by atoms with Crippen LogP contribution in [-0.2, 0) is 0 Å². The Labute approximate surface area is 123 Å². The van der Waals surface area contributed by atoms with Crippen molar-refractivity contribution in [2.45, 2.75) is 39.5 Å². The van der Waals surface area contributed by atoms with Gasteiger partial charge >= 0.3 is 0 Å². The summed E-state index contributed by atoms with van der Waals surface area (Å²) in [5.74, 6) is 0. The lowest BCUT2D eigenvalue weighted by Crippen LogP contribution is -2.32. The minimum atomic E-state index is 0.00362. The fourth-order valence-corrected chi connectivity index (χ4v) is 2.86. The van der Waals surface area contributed by atoms with Gasteiger partial charge in [0.15, 0.2) is 0 Å². The van der Waals surface area contributed by atoms with Crippen molar-refractivity contribution in [1.29, 1.82) is 0 Å². The smallest absolute Gasteiger partial charge is 0.0504 e. The van der Waals surface area contributed by atoms with Crippen molar-refractivity contribution >= 4 is 11.4 Å². The van der Waals surface area contributed by atoms with Crippen LogP contribution >= 0.6 is 0 Å². The lowest BCUT2D eigenvalue weighted by molar-refractivity contribution is 0.127. The number of anilines is 2. The van der Waals surface area contributed by atoms with Crippen LogP contribution in [0.25, 0.3) is 0 Å². The Morgan fingerprint density at radius 1 is 1.20 bits per heavy atom. The number of aliphatic hydroxyl groups is 1. The molecule has 1 aromatic carbocycles. The van der Waals surface area contributed by atoms with Crippen LogP contribution in [0.1, 0.15) is 39.5 Å². The highest BCUT2D eigenvalue weighted by Crippen LogP contribution is 2.28. The Bertz CT molecular complexity index is 401. The van der Waals surface area contributed by atoms with E-state index in [1.165, 1.54) is 31.6 Å². The second-order valence-corrected chi connectivity index (χ2v) is 5.96. The summed E-state index contributed by atoms with van der Waals surface area (Å²) >= 11 is 0. The molecule has 0 aromatic heterocycles. The Morgan fingerprint density at radius 2 is 1.90 bits per heavy atom. The zero-order valence-electron chi connectivity index (χ0n) is 12.9. The largest absolute Gasteiger partial charge is 0.396 e. The molecule has 1 aromatic rings. The summed E-state index contributed by atoms with van der Waals surface area (Å²) in [7, 11) is 0. The summed E-state index contributed by atoms with van der Waals surface area (Å²) in [5, 5.41) is 13.1. The summed E-state index contributed by atoms with van der Waals surface area (Å²) in [5.41, 5.74) is 2.48. The Hall–Kier alpha value is -1.22. The summed E-state index contributed by atoms with van der Waals surface area (Å²) in [6.07, 6.45) is 4.60. The number of aliphatic hydroxyl groups excluding tert-OH is 1. The van der Waals surface area contributed by atoms with E-state index in [0.717, 1.165) is 25.1 Å². The Morgan fingerprint density at radius 3 is 2.50 bits per heavy atom. The van der Waals surface area contributed by atoms with Gasteiger partial charge in [0.25, 0.3) is 0 Å². The molecule has 2 N–H and O–H groups in total. The van der Waals surface area contributed by atoms with Gasteiger partial charge in [0.05, 0.1) is 6.61 Å². The van der Waals surface area contributed by atoms with Crippen LogP contribution in [0.2, 0.25) is 0 Å². The topological polar surface area (TPSA) is 35.5 Å². The maximum atomic E-state index is 9.63. The van der Waals surface area contributed by atoms with Crippen LogP contribution in [0.5, 0.6) is 0 Å². The first kappa shape index (κ1) is 15.2. The highest BCUT2D eigenvalue weighted by molar-refractivity contribution is 5.58. The molecule has 0 bridgehead atoms. The molecule has 112 valence electrons. The third-order valence-corrected chi connectivity index (χ3v) is 4.82. The van der Waals surface area contributed by atoms with E-state index in [0.29, 0.717) is 0 Å². The fraction of sp³-hybridized carbons (Fsp3) is 0.647. The lowest BCUT2D eigenvalue weighted by Gasteiger charge is -2.30. The van der Waals surface area contributed by atoms with E-state index in [1.54, 1.807) is 0 Å². The van der Waals surface area contributed by atoms with Crippen molar-refractivity contribution in [3.05, 3.63) is 24.3 Å². The van der Waals surface area contributed by atoms with E-state index in [4.69, 9.17) is 0 Å². The summed E-state index contributed by atoms with van der Waals surface area (Å²) in [4.78, 5) is 2.45. The number of hydrogen-bond donors (Lipinski definition) is 2. The van der Waals surface area contributed by atoms with Crippen LogP contribution in [0.3, 0.4) is 0 Å². The van der Waals surface area contributed by atoms with Gasteiger partial charge in [0.2, 0.25) is 0 Å². The molecule has 1 heterocycles. The molecule has 1 saturated heterocycles. The zero-order chi connectivity index (χ0) is 14.4. The van der Waals surface area contributed by atoms with Crippen molar-refractivity contribution in [1.82, 2.24) is 0 Å². The van der Waals surface area contributed by atoms with E-state index in [2.05, 4.69) is 48.3 Å². The predicted molar refractivity (Wildman–Crippen MR) is 86.5 cm³/mol. The van der Waals surface area contributed by atoms with Crippen LogP contribution < -0.4 is 10.2 Å². The first-order valence-corrected chi connectivity index (χ1v) is 7.93. The van der Waals surface area contributed by atoms with Crippen LogP contribution in [0.4, 0.5) is 11.4 Å². The van der Waals surface area contributed by atoms with E-state index < -0.39 is 0 Å². The third-order valence-electron chi connectivity index (χ3n) is 4.82. The van der Waals surface area contributed by atoms with Gasteiger partial charge in [0.1, 0.15) is 0 Å². The predicted octanol–water partition coefficient (Wildman–Crippen LogP) is 3.50. The molecule has 0 amide bonds. The van der Waals surface area contributed by atoms with Crippen molar-refractivity contribution in [3.8, 4) is 0 Å². The third kappa shape index (κ3) is 3.45. The van der Waals surface area contributed by atoms with Gasteiger partial charge in [0, 0.05) is 36.4 Å². The normalized spacial score (nSPS) is 15.7. The zero-order valence-corrected chi connectivity index (χ0v) is 12.9. The highest BCUT2D eigenvalue weighted by Gasteiger charge is 2.24. The van der Waals surface area contributed by atoms with Gasteiger partial charge in [-0.05, 0) is 43.9 Å². The maximum Gasteiger partial charge on any atom is 0.0504 e. The monoisotopic (exact) mass is 276 g/mol. The fourth-order valence-electron chi connectivity index (χ4n) is 2.86. The van der Waals surface area contributed by atoms with E-state index in [9.17, 15) is 5.11 Å². The maximum absolute atomic E-state index is 9.63. The molecule has 0 aliphatic carbocycles. The van der Waals surface area contributed by atoms with Crippen LogP contribution in [0, 0.1) is 5.41 Å². The molecule has 1 fully saturated rings. The Kier molecular flexibility index (Phi) is 5.30. The number of nitrogens with zero attached hydrogens (tertiary/aromatic N) is 1. The molecule has 0 radical (unpaired) electrons. The average molecular weight is 276 g/mol. The van der Waals surface area contributed by atoms with Gasteiger partial charge in [-0.3, -0.25) is 0 Å². The molecule has 2 rings (SSSR count). The van der Waals surface area contributed by atoms with E-state index in [-0.39, 0.29) is 12.0 Å². The first-order valence-electron chi connectivity index (χ1n) is 7.93. The van der Waals surface area contributed by atoms with Gasteiger partial charge < -0.3 is 15.3 Å². The number of rotatable bonds is 7. The van der Waals surface area contributed by atoms with Crippen molar-refractivity contribution in [2.24, 2.45) is 5.41 Å². The second kappa shape index (κ2) is 6.98. The van der Waals surface area contributed by atoms with Gasteiger partial charge in [-0.2, -0.15) is 0 Å². The standard InChI is InChI=1S/C17H28N2O/c1-3-17(4-2,14-20)13-18-15-8-7-9-16(12-15)19-10-5-6-11-19/h7-9,12,18,20H,3-6,10-11,13-14H2,1-2H3. The molecule has 3 heteroatoms. The molecule has 0 spiro atoms. The number of benzene rings is 1. The molecule has 0 atom stereocenters. The van der Waals surface area contributed by atoms with E-state index >= 15 is 0 Å². The van der Waals surface area contributed by atoms with Gasteiger partial charge in [-0.25, -0.2) is 0 Å². The van der Waals surface area contributed by atoms with Gasteiger partial charge in [-0.15, -0.1) is 0 Å². The second-order valence-electron chi connectivity index (χ2n) is 5.96. The SMILES string of the molecule is CCC(CC)(CO)CNc1cccc(N2CCCC2)c1. The highest BCUT2D eigenvalue weighted by atomic mass is 16.3. The molecule has 3 nitrogen and oxygen atoms in total. The quantitative estimate of drug-likeness (QED) is 0.800. The van der Waals surface area contributed by atoms with Crippen LogP contribution in [0.15, 0.2) is 24.3 Å². The van der Waals surface area contributed by atoms with E-state index in [1.807, 2.05) is 0 Å². The lowest BCUT2D eigenvalue weighted by atomic mass is 9.83.